The molecule has 0 atom stereocenters. The van der Waals surface area contributed by atoms with Gasteiger partial charge in [-0.25, -0.2) is 0 Å². The largest absolute Gasteiger partial charge is 0.471 e. The van der Waals surface area contributed by atoms with E-state index < -0.39 is 12.1 Å². The summed E-state index contributed by atoms with van der Waals surface area (Å²) in [6.07, 6.45) is -2.30. The number of hydrogen-bond donors (Lipinski definition) is 2. The van der Waals surface area contributed by atoms with Gasteiger partial charge in [0.25, 0.3) is 0 Å². The van der Waals surface area contributed by atoms with Crippen LogP contribution < -0.4 is 11.1 Å². The predicted molar refractivity (Wildman–Crippen MR) is 60.2 cm³/mol. The Balaban J connectivity index is 2.89. The van der Waals surface area contributed by atoms with Gasteiger partial charge in [-0.05, 0) is 6.92 Å². The van der Waals surface area contributed by atoms with Crippen molar-refractivity contribution in [1.82, 2.24) is 9.55 Å². The van der Waals surface area contributed by atoms with Crippen LogP contribution in [0.4, 0.5) is 24.9 Å². The van der Waals surface area contributed by atoms with E-state index in [-0.39, 0.29) is 11.8 Å². The minimum absolute atomic E-state index is 0.0405. The molecule has 5 nitrogen and oxygen atoms in total. The average molecular weight is 313 g/mol. The number of nitrogens with one attached hydrogen (secondary N) is 1. The first-order valence-corrected chi connectivity index (χ1v) is 5.06. The third kappa shape index (κ3) is 3.77. The molecule has 0 saturated heterocycles. The molecule has 0 aliphatic carbocycles. The monoisotopic (exact) mass is 312 g/mol. The van der Waals surface area contributed by atoms with Crippen LogP contribution in [0.3, 0.4) is 0 Å². The SMILES string of the molecule is C/C(Br)=C\n1cc(NC(=O)C(F)(F)F)nc1N. The number of allylic oxidation sites excluding steroid dienone is 1. The highest BCUT2D eigenvalue weighted by Gasteiger charge is 2.39. The Morgan fingerprint density at radius 3 is 2.71 bits per heavy atom. The third-order valence-corrected chi connectivity index (χ3v) is 1.78. The number of imidazole rings is 1. The van der Waals surface area contributed by atoms with E-state index in [1.54, 1.807) is 12.2 Å². The Morgan fingerprint density at radius 1 is 1.65 bits per heavy atom. The topological polar surface area (TPSA) is 72.9 Å². The fourth-order valence-corrected chi connectivity index (χ4v) is 1.17. The quantitative estimate of drug-likeness (QED) is 0.879. The van der Waals surface area contributed by atoms with Crippen molar-refractivity contribution < 1.29 is 18.0 Å². The molecule has 0 bridgehead atoms. The normalized spacial score (nSPS) is 12.6. The molecule has 3 N–H and O–H groups in total. The number of carbonyl (C=O) groups excluding carboxylic acids is 1. The molecule has 1 aromatic heterocycles. The summed E-state index contributed by atoms with van der Waals surface area (Å²) in [7, 11) is 0. The van der Waals surface area contributed by atoms with Gasteiger partial charge < -0.3 is 11.1 Å². The van der Waals surface area contributed by atoms with E-state index in [1.807, 2.05) is 0 Å². The highest BCUT2D eigenvalue weighted by Crippen LogP contribution is 2.19. The zero-order valence-corrected chi connectivity index (χ0v) is 10.1. The van der Waals surface area contributed by atoms with Crippen LogP contribution in [0.15, 0.2) is 10.7 Å². The molecular formula is C8H8BrF3N4O. The number of nitrogens with zero attached hydrogens (tertiary/aromatic N) is 2. The fraction of sp³-hybridized carbons (Fsp3) is 0.250. The molecule has 0 aliphatic heterocycles. The van der Waals surface area contributed by atoms with Gasteiger partial charge in [0.05, 0.1) is 6.20 Å². The van der Waals surface area contributed by atoms with E-state index in [1.165, 1.54) is 17.0 Å². The molecule has 17 heavy (non-hydrogen) atoms. The van der Waals surface area contributed by atoms with E-state index in [4.69, 9.17) is 5.73 Å². The average Bonchev–Trinajstić information content (AvgIpc) is 2.44. The van der Waals surface area contributed by atoms with Crippen LogP contribution in [-0.4, -0.2) is 21.6 Å². The molecule has 0 fully saturated rings. The number of carbonyl (C=O) groups is 1. The van der Waals surface area contributed by atoms with Crippen LogP contribution in [-0.2, 0) is 4.79 Å². The fourth-order valence-electron chi connectivity index (χ4n) is 0.950. The molecule has 0 radical (unpaired) electrons. The van der Waals surface area contributed by atoms with Crippen LogP contribution in [0.1, 0.15) is 6.92 Å². The summed E-state index contributed by atoms with van der Waals surface area (Å²) in [5.41, 5.74) is 5.43. The number of hydrogen-bond acceptors (Lipinski definition) is 3. The van der Waals surface area contributed by atoms with E-state index in [9.17, 15) is 18.0 Å². The Bertz CT molecular complexity index is 462. The van der Waals surface area contributed by atoms with Crippen LogP contribution >= 0.6 is 15.9 Å². The lowest BCUT2D eigenvalue weighted by Gasteiger charge is -2.04. The maximum Gasteiger partial charge on any atom is 0.471 e. The molecule has 0 aromatic carbocycles. The number of halogens is 4. The predicted octanol–water partition coefficient (Wildman–Crippen LogP) is 2.18. The zero-order chi connectivity index (χ0) is 13.2. The molecule has 9 heteroatoms. The van der Waals surface area contributed by atoms with Crippen molar-refractivity contribution in [3.63, 3.8) is 0 Å². The molecule has 0 unspecified atom stereocenters. The van der Waals surface area contributed by atoms with Crippen LogP contribution in [0.25, 0.3) is 6.20 Å². The van der Waals surface area contributed by atoms with Gasteiger partial charge in [-0.3, -0.25) is 9.36 Å². The molecule has 0 spiro atoms. The molecule has 1 aromatic rings. The van der Waals surface area contributed by atoms with Crippen molar-refractivity contribution in [3.8, 4) is 0 Å². The van der Waals surface area contributed by atoms with Gasteiger partial charge in [0.1, 0.15) is 0 Å². The second-order valence-electron chi connectivity index (χ2n) is 3.06. The summed E-state index contributed by atoms with van der Waals surface area (Å²) in [5, 5.41) is 1.60. The first kappa shape index (κ1) is 13.6. The maximum atomic E-state index is 12.0. The van der Waals surface area contributed by atoms with Gasteiger partial charge in [-0.15, -0.1) is 0 Å². The number of nitrogen functional groups attached to an aromatic ring is 1. The van der Waals surface area contributed by atoms with E-state index in [2.05, 4.69) is 20.9 Å². The van der Waals surface area contributed by atoms with E-state index >= 15 is 0 Å². The highest BCUT2D eigenvalue weighted by atomic mass is 79.9. The molecule has 1 rings (SSSR count). The first-order chi connectivity index (χ1) is 7.70. The van der Waals surface area contributed by atoms with Gasteiger partial charge in [-0.1, -0.05) is 15.9 Å². The summed E-state index contributed by atoms with van der Waals surface area (Å²) < 4.78 is 37.8. The first-order valence-electron chi connectivity index (χ1n) is 4.26. The van der Waals surface area contributed by atoms with Crippen LogP contribution in [0, 0.1) is 0 Å². The van der Waals surface area contributed by atoms with Gasteiger partial charge >= 0.3 is 12.1 Å². The third-order valence-electron chi connectivity index (χ3n) is 1.58. The highest BCUT2D eigenvalue weighted by molar-refractivity contribution is 9.11. The summed E-state index contributed by atoms with van der Waals surface area (Å²) >= 11 is 3.13. The maximum absolute atomic E-state index is 12.0. The standard InChI is InChI=1S/C8H8BrF3N4O/c1-4(9)2-16-3-5(15-7(16)13)14-6(17)8(10,11)12/h2-3H,1H3,(H2,13,15)(H,14,17)/b4-2+. The van der Waals surface area contributed by atoms with Crippen molar-refractivity contribution in [3.05, 3.63) is 10.7 Å². The number of nitrogens with two attached hydrogens (primary N) is 1. The second kappa shape index (κ2) is 4.78. The second-order valence-corrected chi connectivity index (χ2v) is 4.31. The molecular weight excluding hydrogens is 305 g/mol. The van der Waals surface area contributed by atoms with E-state index in [0.717, 1.165) is 0 Å². The van der Waals surface area contributed by atoms with Crippen LogP contribution in [0.2, 0.25) is 0 Å². The molecule has 94 valence electrons. The Hall–Kier alpha value is -1.51. The smallest absolute Gasteiger partial charge is 0.369 e. The van der Waals surface area contributed by atoms with Gasteiger partial charge in [0, 0.05) is 10.7 Å². The van der Waals surface area contributed by atoms with Crippen molar-refractivity contribution in [2.45, 2.75) is 13.1 Å². The number of aromatic nitrogens is 2. The molecule has 0 saturated carbocycles. The summed E-state index contributed by atoms with van der Waals surface area (Å²) in [6.45, 7) is 1.70. The van der Waals surface area contributed by atoms with Gasteiger partial charge in [0.15, 0.2) is 5.82 Å². The molecule has 1 amide bonds. The lowest BCUT2D eigenvalue weighted by Crippen LogP contribution is -2.30. The van der Waals surface area contributed by atoms with Crippen molar-refractivity contribution in [2.24, 2.45) is 0 Å². The lowest BCUT2D eigenvalue weighted by atomic mass is 10.5. The number of anilines is 2. The summed E-state index contributed by atoms with van der Waals surface area (Å²) in [4.78, 5) is 14.2. The molecule has 0 aliphatic rings. The Kier molecular flexibility index (Phi) is 3.81. The van der Waals surface area contributed by atoms with Gasteiger partial charge in [0.2, 0.25) is 5.95 Å². The zero-order valence-electron chi connectivity index (χ0n) is 8.55. The van der Waals surface area contributed by atoms with E-state index in [0.29, 0.717) is 4.48 Å². The Labute approximate surface area is 103 Å². The number of alkyl halides is 3. The lowest BCUT2D eigenvalue weighted by molar-refractivity contribution is -0.167. The van der Waals surface area contributed by atoms with Gasteiger partial charge in [-0.2, -0.15) is 18.2 Å². The van der Waals surface area contributed by atoms with Crippen molar-refractivity contribution in [2.75, 3.05) is 11.1 Å². The summed E-state index contributed by atoms with van der Waals surface area (Å²) in [5.74, 6) is -2.40. The van der Waals surface area contributed by atoms with Crippen LogP contribution in [0.5, 0.6) is 0 Å². The number of amides is 1. The van der Waals surface area contributed by atoms with Crippen molar-refractivity contribution in [1.29, 1.82) is 0 Å². The Morgan fingerprint density at radius 2 is 2.24 bits per heavy atom. The minimum atomic E-state index is -4.96. The molecule has 1 heterocycles. The number of rotatable bonds is 2. The summed E-state index contributed by atoms with van der Waals surface area (Å²) in [6, 6.07) is 0. The van der Waals surface area contributed by atoms with Crippen molar-refractivity contribution >= 4 is 39.8 Å². The minimum Gasteiger partial charge on any atom is -0.369 e.